The molecule has 0 N–H and O–H groups in total. The van der Waals surface area contributed by atoms with Gasteiger partial charge in [-0.1, -0.05) is 5.21 Å². The average molecular weight is 295 g/mol. The van der Waals surface area contributed by atoms with Crippen LogP contribution >= 0.6 is 22.6 Å². The molecule has 13 heavy (non-hydrogen) atoms. The second-order valence-electron chi connectivity index (χ2n) is 2.76. The summed E-state index contributed by atoms with van der Waals surface area (Å²) in [6, 6.07) is 0.192. The minimum absolute atomic E-state index is 0.192. The van der Waals surface area contributed by atoms with E-state index in [4.69, 9.17) is 0 Å². The van der Waals surface area contributed by atoms with E-state index < -0.39 is 5.97 Å². The van der Waals surface area contributed by atoms with Crippen molar-refractivity contribution in [2.75, 3.05) is 7.11 Å². The first-order valence-electron chi connectivity index (χ1n) is 3.77. The molecule has 0 saturated carbocycles. The van der Waals surface area contributed by atoms with E-state index in [0.29, 0.717) is 3.70 Å². The van der Waals surface area contributed by atoms with Crippen LogP contribution in [0.2, 0.25) is 0 Å². The largest absolute Gasteiger partial charge is 0.464 e. The maximum Gasteiger partial charge on any atom is 0.361 e. The number of halogens is 1. The number of carbonyl (C=O) groups excluding carboxylic acids is 1. The maximum atomic E-state index is 11.1. The van der Waals surface area contributed by atoms with Gasteiger partial charge in [0.15, 0.2) is 0 Å². The fourth-order valence-electron chi connectivity index (χ4n) is 0.834. The van der Waals surface area contributed by atoms with Crippen LogP contribution in [0.25, 0.3) is 0 Å². The van der Waals surface area contributed by atoms with Gasteiger partial charge in [0.25, 0.3) is 0 Å². The lowest BCUT2D eigenvalue weighted by Crippen LogP contribution is -2.08. The summed E-state index contributed by atoms with van der Waals surface area (Å²) < 4.78 is 6.93. The van der Waals surface area contributed by atoms with Gasteiger partial charge in [0.2, 0.25) is 5.69 Å². The number of rotatable bonds is 2. The first kappa shape index (κ1) is 10.4. The zero-order valence-corrected chi connectivity index (χ0v) is 9.77. The Hall–Kier alpha value is -0.660. The van der Waals surface area contributed by atoms with Gasteiger partial charge >= 0.3 is 5.97 Å². The van der Waals surface area contributed by atoms with E-state index in [1.807, 2.05) is 36.4 Å². The average Bonchev–Trinajstić information content (AvgIpc) is 2.46. The van der Waals surface area contributed by atoms with Gasteiger partial charge < -0.3 is 4.74 Å². The van der Waals surface area contributed by atoms with Crippen molar-refractivity contribution in [1.29, 1.82) is 0 Å². The van der Waals surface area contributed by atoms with Crippen LogP contribution in [-0.4, -0.2) is 28.1 Å². The zero-order chi connectivity index (χ0) is 10.0. The highest BCUT2D eigenvalue weighted by Crippen LogP contribution is 2.14. The van der Waals surface area contributed by atoms with Gasteiger partial charge in [-0.2, -0.15) is 0 Å². The third kappa shape index (κ3) is 1.98. The zero-order valence-electron chi connectivity index (χ0n) is 7.61. The molecule has 0 aliphatic heterocycles. The molecule has 0 aromatic carbocycles. The molecule has 0 radical (unpaired) electrons. The number of hydrogen-bond donors (Lipinski definition) is 0. The summed E-state index contributed by atoms with van der Waals surface area (Å²) in [4.78, 5) is 11.1. The summed E-state index contributed by atoms with van der Waals surface area (Å²) in [5, 5.41) is 7.58. The molecular weight excluding hydrogens is 285 g/mol. The van der Waals surface area contributed by atoms with Crippen molar-refractivity contribution >= 4 is 28.6 Å². The number of ether oxygens (including phenoxy) is 1. The molecule has 6 heteroatoms. The van der Waals surface area contributed by atoms with Crippen molar-refractivity contribution in [3.05, 3.63) is 9.39 Å². The summed E-state index contributed by atoms with van der Waals surface area (Å²) in [6.07, 6.45) is 0. The predicted octanol–water partition coefficient (Wildman–Crippen LogP) is 1.25. The number of carbonyl (C=O) groups is 1. The van der Waals surface area contributed by atoms with Gasteiger partial charge in [-0.15, -0.1) is 5.10 Å². The van der Waals surface area contributed by atoms with E-state index in [1.54, 1.807) is 4.68 Å². The number of aromatic nitrogens is 3. The normalized spacial score (nSPS) is 10.5. The number of esters is 1. The molecule has 0 unspecified atom stereocenters. The van der Waals surface area contributed by atoms with Crippen molar-refractivity contribution in [2.24, 2.45) is 0 Å². The van der Waals surface area contributed by atoms with Gasteiger partial charge in [-0.25, -0.2) is 9.48 Å². The van der Waals surface area contributed by atoms with E-state index in [1.165, 1.54) is 7.11 Å². The van der Waals surface area contributed by atoms with Crippen LogP contribution in [0.5, 0.6) is 0 Å². The Morgan fingerprint density at radius 1 is 1.62 bits per heavy atom. The Morgan fingerprint density at radius 3 is 2.62 bits per heavy atom. The van der Waals surface area contributed by atoms with E-state index in [0.717, 1.165) is 0 Å². The molecule has 72 valence electrons. The second-order valence-corrected chi connectivity index (χ2v) is 3.78. The summed E-state index contributed by atoms with van der Waals surface area (Å²) in [6.45, 7) is 3.94. The predicted molar refractivity (Wildman–Crippen MR) is 54.5 cm³/mol. The third-order valence-corrected chi connectivity index (χ3v) is 2.51. The van der Waals surface area contributed by atoms with Gasteiger partial charge in [0.1, 0.15) is 3.70 Å². The van der Waals surface area contributed by atoms with Crippen molar-refractivity contribution in [2.45, 2.75) is 19.9 Å². The highest BCUT2D eigenvalue weighted by Gasteiger charge is 2.18. The minimum atomic E-state index is -0.448. The SMILES string of the molecule is COC(=O)c1nnn(C(C)C)c1I. The molecule has 1 aromatic heterocycles. The topological polar surface area (TPSA) is 57.0 Å². The van der Waals surface area contributed by atoms with Crippen molar-refractivity contribution in [3.63, 3.8) is 0 Å². The standard InChI is InChI=1S/C7H10IN3O2/c1-4(2)11-6(8)5(9-10-11)7(12)13-3/h4H,1-3H3. The lowest BCUT2D eigenvalue weighted by Gasteiger charge is -2.04. The molecule has 1 heterocycles. The molecule has 1 aromatic rings. The first-order valence-corrected chi connectivity index (χ1v) is 4.84. The Labute approximate surface area is 89.6 Å². The molecule has 0 saturated heterocycles. The summed E-state index contributed by atoms with van der Waals surface area (Å²) in [5.41, 5.74) is 0.275. The van der Waals surface area contributed by atoms with Crippen LogP contribution < -0.4 is 0 Å². The molecule has 0 aliphatic rings. The van der Waals surface area contributed by atoms with Crippen LogP contribution in [0.4, 0.5) is 0 Å². The summed E-state index contributed by atoms with van der Waals surface area (Å²) in [5.74, 6) is -0.448. The fraction of sp³-hybridized carbons (Fsp3) is 0.571. The van der Waals surface area contributed by atoms with Crippen molar-refractivity contribution in [3.8, 4) is 0 Å². The lowest BCUT2D eigenvalue weighted by molar-refractivity contribution is 0.0592. The Bertz CT molecular complexity index is 322. The molecule has 1 rings (SSSR count). The molecule has 0 atom stereocenters. The number of nitrogens with zero attached hydrogens (tertiary/aromatic N) is 3. The quantitative estimate of drug-likeness (QED) is 0.608. The van der Waals surface area contributed by atoms with Crippen molar-refractivity contribution in [1.82, 2.24) is 15.0 Å². The van der Waals surface area contributed by atoms with E-state index in [-0.39, 0.29) is 11.7 Å². The van der Waals surface area contributed by atoms with E-state index >= 15 is 0 Å². The molecule has 0 fully saturated rings. The summed E-state index contributed by atoms with van der Waals surface area (Å²) >= 11 is 2.03. The maximum absolute atomic E-state index is 11.1. The molecule has 0 bridgehead atoms. The summed E-state index contributed by atoms with van der Waals surface area (Å²) in [7, 11) is 1.33. The smallest absolute Gasteiger partial charge is 0.361 e. The molecule has 0 spiro atoms. The van der Waals surface area contributed by atoms with Crippen LogP contribution in [0.1, 0.15) is 30.4 Å². The van der Waals surface area contributed by atoms with Crippen LogP contribution in [0.15, 0.2) is 0 Å². The monoisotopic (exact) mass is 295 g/mol. The Balaban J connectivity index is 3.06. The molecular formula is C7H10IN3O2. The third-order valence-electron chi connectivity index (χ3n) is 1.51. The molecule has 0 aliphatic carbocycles. The highest BCUT2D eigenvalue weighted by atomic mass is 127. The van der Waals surface area contributed by atoms with Crippen molar-refractivity contribution < 1.29 is 9.53 Å². The Kier molecular flexibility index (Phi) is 3.23. The number of hydrogen-bond acceptors (Lipinski definition) is 4. The second kappa shape index (κ2) is 4.03. The first-order chi connectivity index (χ1) is 6.07. The van der Waals surface area contributed by atoms with Gasteiger partial charge in [0.05, 0.1) is 7.11 Å². The van der Waals surface area contributed by atoms with E-state index in [9.17, 15) is 4.79 Å². The van der Waals surface area contributed by atoms with Crippen LogP contribution in [0, 0.1) is 3.70 Å². The highest BCUT2D eigenvalue weighted by molar-refractivity contribution is 14.1. The molecule has 0 amide bonds. The Morgan fingerprint density at radius 2 is 2.23 bits per heavy atom. The van der Waals surface area contributed by atoms with Gasteiger partial charge in [-0.3, -0.25) is 0 Å². The van der Waals surface area contributed by atoms with E-state index in [2.05, 4.69) is 15.0 Å². The van der Waals surface area contributed by atoms with Crippen LogP contribution in [0.3, 0.4) is 0 Å². The lowest BCUT2D eigenvalue weighted by atomic mass is 10.4. The molecule has 5 nitrogen and oxygen atoms in total. The van der Waals surface area contributed by atoms with Gasteiger partial charge in [0, 0.05) is 6.04 Å². The van der Waals surface area contributed by atoms with Gasteiger partial charge in [-0.05, 0) is 36.4 Å². The fourth-order valence-corrected chi connectivity index (χ4v) is 1.82. The van der Waals surface area contributed by atoms with Crippen LogP contribution in [-0.2, 0) is 4.74 Å². The number of methoxy groups -OCH3 is 1. The minimum Gasteiger partial charge on any atom is -0.464 e.